The van der Waals surface area contributed by atoms with Gasteiger partial charge in [0.05, 0.1) is 19.9 Å². The third-order valence-corrected chi connectivity index (χ3v) is 3.13. The summed E-state index contributed by atoms with van der Waals surface area (Å²) in [5.41, 5.74) is 0. The Kier molecular flexibility index (Phi) is 6.70. The average molecular weight is 332 g/mol. The molecule has 1 aromatic heterocycles. The van der Waals surface area contributed by atoms with Gasteiger partial charge >= 0.3 is 0 Å². The molecule has 7 heteroatoms. The van der Waals surface area contributed by atoms with E-state index in [4.69, 9.17) is 13.9 Å². The molecular weight excluding hydrogens is 312 g/mol. The molecule has 128 valence electrons. The SMILES string of the molecule is COc1ccccc1OCCNC(=O)CCNC(=O)c1ccco1. The molecule has 2 amide bonds. The van der Waals surface area contributed by atoms with E-state index in [9.17, 15) is 9.59 Å². The number of carbonyl (C=O) groups excluding carboxylic acids is 2. The van der Waals surface area contributed by atoms with Gasteiger partial charge in [0.25, 0.3) is 5.91 Å². The molecule has 2 aromatic rings. The molecule has 0 fully saturated rings. The van der Waals surface area contributed by atoms with E-state index in [2.05, 4.69) is 10.6 Å². The van der Waals surface area contributed by atoms with Crippen molar-refractivity contribution in [1.29, 1.82) is 0 Å². The summed E-state index contributed by atoms with van der Waals surface area (Å²) in [4.78, 5) is 23.3. The molecule has 0 radical (unpaired) electrons. The van der Waals surface area contributed by atoms with Gasteiger partial charge in [0.15, 0.2) is 17.3 Å². The van der Waals surface area contributed by atoms with E-state index in [0.717, 1.165) is 0 Å². The van der Waals surface area contributed by atoms with E-state index in [0.29, 0.717) is 24.7 Å². The number of furan rings is 1. The van der Waals surface area contributed by atoms with Crippen molar-refractivity contribution < 1.29 is 23.5 Å². The van der Waals surface area contributed by atoms with Gasteiger partial charge in [-0.1, -0.05) is 12.1 Å². The molecule has 2 rings (SSSR count). The highest BCUT2D eigenvalue weighted by atomic mass is 16.5. The van der Waals surface area contributed by atoms with Crippen molar-refractivity contribution in [2.45, 2.75) is 6.42 Å². The van der Waals surface area contributed by atoms with Crippen LogP contribution in [0.5, 0.6) is 11.5 Å². The Morgan fingerprint density at radius 3 is 2.54 bits per heavy atom. The van der Waals surface area contributed by atoms with Crippen molar-refractivity contribution in [3.63, 3.8) is 0 Å². The first-order valence-electron chi connectivity index (χ1n) is 7.55. The third-order valence-electron chi connectivity index (χ3n) is 3.13. The predicted octanol–water partition coefficient (Wildman–Crippen LogP) is 1.60. The molecular formula is C17H20N2O5. The van der Waals surface area contributed by atoms with Gasteiger partial charge in [0.2, 0.25) is 5.91 Å². The number of hydrogen-bond donors (Lipinski definition) is 2. The van der Waals surface area contributed by atoms with Crippen LogP contribution in [0.3, 0.4) is 0 Å². The molecule has 0 aliphatic carbocycles. The first kappa shape index (κ1) is 17.4. The number of amides is 2. The first-order chi connectivity index (χ1) is 11.7. The van der Waals surface area contributed by atoms with Gasteiger partial charge in [-0.25, -0.2) is 0 Å². The lowest BCUT2D eigenvalue weighted by Crippen LogP contribution is -2.32. The van der Waals surface area contributed by atoms with Gasteiger partial charge in [-0.3, -0.25) is 9.59 Å². The van der Waals surface area contributed by atoms with Crippen molar-refractivity contribution in [3.8, 4) is 11.5 Å². The van der Waals surface area contributed by atoms with Gasteiger partial charge in [-0.2, -0.15) is 0 Å². The zero-order valence-electron chi connectivity index (χ0n) is 13.4. The molecule has 7 nitrogen and oxygen atoms in total. The van der Waals surface area contributed by atoms with Crippen molar-refractivity contribution in [2.24, 2.45) is 0 Å². The van der Waals surface area contributed by atoms with Crippen LogP contribution in [0.1, 0.15) is 17.0 Å². The second kappa shape index (κ2) is 9.24. The maximum atomic E-state index is 11.7. The highest BCUT2D eigenvalue weighted by Gasteiger charge is 2.08. The monoisotopic (exact) mass is 332 g/mol. The molecule has 0 aliphatic rings. The second-order valence-electron chi connectivity index (χ2n) is 4.83. The fraction of sp³-hybridized carbons (Fsp3) is 0.294. The van der Waals surface area contributed by atoms with Gasteiger partial charge in [-0.15, -0.1) is 0 Å². The van der Waals surface area contributed by atoms with E-state index in [1.165, 1.54) is 6.26 Å². The zero-order valence-corrected chi connectivity index (χ0v) is 13.4. The second-order valence-corrected chi connectivity index (χ2v) is 4.83. The summed E-state index contributed by atoms with van der Waals surface area (Å²) in [6.45, 7) is 0.923. The van der Waals surface area contributed by atoms with Crippen LogP contribution >= 0.6 is 0 Å². The number of nitrogens with one attached hydrogen (secondary N) is 2. The Morgan fingerprint density at radius 1 is 1.04 bits per heavy atom. The van der Waals surface area contributed by atoms with Crippen LogP contribution in [-0.4, -0.2) is 38.6 Å². The van der Waals surface area contributed by atoms with Crippen LogP contribution in [0.15, 0.2) is 47.1 Å². The number of para-hydroxylation sites is 2. The van der Waals surface area contributed by atoms with Crippen LogP contribution in [0.25, 0.3) is 0 Å². The highest BCUT2D eigenvalue weighted by molar-refractivity contribution is 5.91. The maximum absolute atomic E-state index is 11.7. The lowest BCUT2D eigenvalue weighted by molar-refractivity contribution is -0.121. The van der Waals surface area contributed by atoms with Crippen molar-refractivity contribution >= 4 is 11.8 Å². The van der Waals surface area contributed by atoms with Crippen LogP contribution in [0, 0.1) is 0 Å². The standard InChI is InChI=1S/C17H20N2O5/c1-22-13-5-2-3-6-14(13)24-12-10-18-16(20)8-9-19-17(21)15-7-4-11-23-15/h2-7,11H,8-10,12H2,1H3,(H,18,20)(H,19,21). The first-order valence-corrected chi connectivity index (χ1v) is 7.55. The summed E-state index contributed by atoms with van der Waals surface area (Å²) < 4.78 is 15.7. The van der Waals surface area contributed by atoms with Gasteiger partial charge in [0.1, 0.15) is 6.61 Å². The summed E-state index contributed by atoms with van der Waals surface area (Å²) in [5.74, 6) is 0.982. The van der Waals surface area contributed by atoms with E-state index < -0.39 is 0 Å². The van der Waals surface area contributed by atoms with E-state index in [1.807, 2.05) is 12.1 Å². The predicted molar refractivity (Wildman–Crippen MR) is 87.2 cm³/mol. The minimum absolute atomic E-state index is 0.168. The molecule has 0 spiro atoms. The summed E-state index contributed by atoms with van der Waals surface area (Å²) in [5, 5.41) is 5.33. The normalized spacial score (nSPS) is 10.0. The minimum Gasteiger partial charge on any atom is -0.493 e. The average Bonchev–Trinajstić information content (AvgIpc) is 3.13. The van der Waals surface area contributed by atoms with Gasteiger partial charge in [0, 0.05) is 13.0 Å². The van der Waals surface area contributed by atoms with Gasteiger partial charge < -0.3 is 24.5 Å². The Morgan fingerprint density at radius 2 is 1.83 bits per heavy atom. The Labute approximate surface area is 139 Å². The number of benzene rings is 1. The molecule has 0 atom stereocenters. The highest BCUT2D eigenvalue weighted by Crippen LogP contribution is 2.25. The summed E-state index contributed by atoms with van der Waals surface area (Å²) in [6.07, 6.45) is 1.60. The van der Waals surface area contributed by atoms with Crippen molar-refractivity contribution in [3.05, 3.63) is 48.4 Å². The summed E-state index contributed by atoms with van der Waals surface area (Å²) in [6, 6.07) is 10.5. The largest absolute Gasteiger partial charge is 0.493 e. The summed E-state index contributed by atoms with van der Waals surface area (Å²) >= 11 is 0. The van der Waals surface area contributed by atoms with E-state index >= 15 is 0 Å². The number of methoxy groups -OCH3 is 1. The Hall–Kier alpha value is -2.96. The molecule has 0 saturated heterocycles. The van der Waals surface area contributed by atoms with Crippen LogP contribution in [0.4, 0.5) is 0 Å². The fourth-order valence-electron chi connectivity index (χ4n) is 1.96. The fourth-order valence-corrected chi connectivity index (χ4v) is 1.96. The number of ether oxygens (including phenoxy) is 2. The molecule has 0 bridgehead atoms. The molecule has 1 aromatic carbocycles. The van der Waals surface area contributed by atoms with Gasteiger partial charge in [-0.05, 0) is 24.3 Å². The smallest absolute Gasteiger partial charge is 0.286 e. The molecule has 1 heterocycles. The van der Waals surface area contributed by atoms with Crippen molar-refractivity contribution in [1.82, 2.24) is 10.6 Å². The van der Waals surface area contributed by atoms with Crippen LogP contribution in [-0.2, 0) is 4.79 Å². The topological polar surface area (TPSA) is 89.8 Å². The number of carbonyl (C=O) groups is 2. The third kappa shape index (κ3) is 5.35. The quantitative estimate of drug-likeness (QED) is 0.681. The molecule has 0 aliphatic heterocycles. The summed E-state index contributed by atoms with van der Waals surface area (Å²) in [7, 11) is 1.57. The van der Waals surface area contributed by atoms with Crippen LogP contribution < -0.4 is 20.1 Å². The molecule has 0 unspecified atom stereocenters. The lowest BCUT2D eigenvalue weighted by Gasteiger charge is -2.11. The minimum atomic E-state index is -0.340. The lowest BCUT2D eigenvalue weighted by atomic mass is 10.3. The van der Waals surface area contributed by atoms with E-state index in [-0.39, 0.29) is 30.5 Å². The Bertz CT molecular complexity index is 655. The Balaban J connectivity index is 1.59. The molecule has 0 saturated carbocycles. The van der Waals surface area contributed by atoms with Crippen molar-refractivity contribution in [2.75, 3.05) is 26.8 Å². The number of hydrogen-bond acceptors (Lipinski definition) is 5. The number of rotatable bonds is 9. The van der Waals surface area contributed by atoms with Crippen LogP contribution in [0.2, 0.25) is 0 Å². The van der Waals surface area contributed by atoms with E-state index in [1.54, 1.807) is 31.4 Å². The molecule has 2 N–H and O–H groups in total. The molecule has 24 heavy (non-hydrogen) atoms. The maximum Gasteiger partial charge on any atom is 0.286 e. The zero-order chi connectivity index (χ0) is 17.2.